The molecule has 0 atom stereocenters. The Morgan fingerprint density at radius 2 is 1.86 bits per heavy atom. The number of carboxylic acid groups (broad SMARTS) is 1. The number of piperazine rings is 1. The minimum Gasteiger partial charge on any atom is -0.478 e. The van der Waals surface area contributed by atoms with Gasteiger partial charge in [-0.1, -0.05) is 15.9 Å². The first-order chi connectivity index (χ1) is 10.4. The van der Waals surface area contributed by atoms with Gasteiger partial charge in [0.2, 0.25) is 0 Å². The van der Waals surface area contributed by atoms with Gasteiger partial charge in [0.1, 0.15) is 0 Å². The number of benzene rings is 1. The number of hydrogen-bond acceptors (Lipinski definition) is 4. The topological polar surface area (TPSA) is 70.1 Å². The zero-order chi connectivity index (χ0) is 16.3. The van der Waals surface area contributed by atoms with Gasteiger partial charge in [0, 0.05) is 30.7 Å². The molecule has 1 aromatic carbocycles. The lowest BCUT2D eigenvalue weighted by molar-refractivity contribution is 0.0691. The summed E-state index contributed by atoms with van der Waals surface area (Å²) in [4.78, 5) is 26.8. The third-order valence-electron chi connectivity index (χ3n) is 3.41. The van der Waals surface area contributed by atoms with Crippen LogP contribution in [-0.2, 0) is 4.74 Å². The Labute approximate surface area is 137 Å². The van der Waals surface area contributed by atoms with E-state index in [0.717, 1.165) is 4.47 Å². The van der Waals surface area contributed by atoms with Crippen molar-refractivity contribution in [2.24, 2.45) is 0 Å². The Bertz CT molecular complexity index is 569. The number of carbonyl (C=O) groups is 2. The van der Waals surface area contributed by atoms with Crippen LogP contribution in [0, 0.1) is 0 Å². The van der Waals surface area contributed by atoms with Crippen LogP contribution < -0.4 is 4.90 Å². The van der Waals surface area contributed by atoms with Crippen molar-refractivity contribution in [1.29, 1.82) is 0 Å². The van der Waals surface area contributed by atoms with Gasteiger partial charge in [-0.2, -0.15) is 0 Å². The maximum Gasteiger partial charge on any atom is 0.410 e. The standard InChI is InChI=1S/C15H19BrN2O4/c1-10(2)22-15(21)18-7-5-17(6-8-18)13-9-11(16)3-4-12(13)14(19)20/h3-4,9-10H,5-8H2,1-2H3,(H,19,20). The highest BCUT2D eigenvalue weighted by Gasteiger charge is 2.25. The van der Waals surface area contributed by atoms with Crippen molar-refractivity contribution in [2.45, 2.75) is 20.0 Å². The van der Waals surface area contributed by atoms with Gasteiger partial charge in [0.25, 0.3) is 0 Å². The van der Waals surface area contributed by atoms with E-state index < -0.39 is 5.97 Å². The molecule has 0 bridgehead atoms. The molecule has 0 saturated carbocycles. The molecule has 1 aromatic rings. The van der Waals surface area contributed by atoms with Crippen LogP contribution >= 0.6 is 15.9 Å². The fraction of sp³-hybridized carbons (Fsp3) is 0.467. The zero-order valence-electron chi connectivity index (χ0n) is 12.6. The molecule has 1 amide bonds. The van der Waals surface area contributed by atoms with Crippen molar-refractivity contribution >= 4 is 33.7 Å². The number of ether oxygens (including phenoxy) is 1. The summed E-state index contributed by atoms with van der Waals surface area (Å²) in [6.45, 7) is 5.80. The predicted molar refractivity (Wildman–Crippen MR) is 86.5 cm³/mol. The zero-order valence-corrected chi connectivity index (χ0v) is 14.2. The van der Waals surface area contributed by atoms with Gasteiger partial charge in [0.05, 0.1) is 17.4 Å². The molecule has 1 fully saturated rings. The van der Waals surface area contributed by atoms with Crippen molar-refractivity contribution in [3.63, 3.8) is 0 Å². The molecule has 0 aliphatic carbocycles. The van der Waals surface area contributed by atoms with Gasteiger partial charge in [0.15, 0.2) is 0 Å². The lowest BCUT2D eigenvalue weighted by Gasteiger charge is -2.36. The second-order valence-electron chi connectivity index (χ2n) is 5.37. The highest BCUT2D eigenvalue weighted by molar-refractivity contribution is 9.10. The highest BCUT2D eigenvalue weighted by Crippen LogP contribution is 2.26. The number of hydrogen-bond donors (Lipinski definition) is 1. The number of nitrogens with zero attached hydrogens (tertiary/aromatic N) is 2. The summed E-state index contributed by atoms with van der Waals surface area (Å²) in [7, 11) is 0. The number of amides is 1. The fourth-order valence-electron chi connectivity index (χ4n) is 2.35. The van der Waals surface area contributed by atoms with Crippen LogP contribution in [-0.4, -0.2) is 54.4 Å². The van der Waals surface area contributed by atoms with Crippen molar-refractivity contribution < 1.29 is 19.4 Å². The molecule has 1 aliphatic rings. The molecule has 120 valence electrons. The lowest BCUT2D eigenvalue weighted by Crippen LogP contribution is -2.49. The quantitative estimate of drug-likeness (QED) is 0.885. The molecule has 2 rings (SSSR count). The Balaban J connectivity index is 2.07. The number of carboxylic acids is 1. The second kappa shape index (κ2) is 7.00. The fourth-order valence-corrected chi connectivity index (χ4v) is 2.70. The van der Waals surface area contributed by atoms with Gasteiger partial charge < -0.3 is 19.6 Å². The van der Waals surface area contributed by atoms with Crippen LogP contribution in [0.4, 0.5) is 10.5 Å². The van der Waals surface area contributed by atoms with E-state index in [4.69, 9.17) is 4.74 Å². The SMILES string of the molecule is CC(C)OC(=O)N1CCN(c2cc(Br)ccc2C(=O)O)CC1. The molecule has 1 aliphatic heterocycles. The van der Waals surface area contributed by atoms with Gasteiger partial charge in [-0.15, -0.1) is 0 Å². The number of anilines is 1. The predicted octanol–water partition coefficient (Wildman–Crippen LogP) is 2.81. The molecule has 0 unspecified atom stereocenters. The highest BCUT2D eigenvalue weighted by atomic mass is 79.9. The average Bonchev–Trinajstić information content (AvgIpc) is 2.46. The number of rotatable bonds is 3. The van der Waals surface area contributed by atoms with Crippen LogP contribution in [0.2, 0.25) is 0 Å². The van der Waals surface area contributed by atoms with E-state index in [0.29, 0.717) is 31.9 Å². The molecular formula is C15H19BrN2O4. The van der Waals surface area contributed by atoms with E-state index in [1.54, 1.807) is 23.1 Å². The van der Waals surface area contributed by atoms with Crippen molar-refractivity contribution in [3.8, 4) is 0 Å². The number of carbonyl (C=O) groups excluding carboxylic acids is 1. The Hall–Kier alpha value is -1.76. The first-order valence-electron chi connectivity index (χ1n) is 7.12. The summed E-state index contributed by atoms with van der Waals surface area (Å²) in [5, 5.41) is 9.30. The molecule has 0 spiro atoms. The van der Waals surface area contributed by atoms with Gasteiger partial charge in [-0.25, -0.2) is 9.59 Å². The van der Waals surface area contributed by atoms with Crippen LogP contribution in [0.1, 0.15) is 24.2 Å². The van der Waals surface area contributed by atoms with Crippen molar-refractivity contribution in [1.82, 2.24) is 4.90 Å². The van der Waals surface area contributed by atoms with Gasteiger partial charge >= 0.3 is 12.1 Å². The molecular weight excluding hydrogens is 352 g/mol. The molecule has 1 heterocycles. The summed E-state index contributed by atoms with van der Waals surface area (Å²) in [5.41, 5.74) is 0.931. The third kappa shape index (κ3) is 3.91. The molecule has 1 saturated heterocycles. The number of halogens is 1. The van der Waals surface area contributed by atoms with E-state index in [1.807, 2.05) is 18.7 Å². The minimum absolute atomic E-state index is 0.144. The number of aromatic carboxylic acids is 1. The summed E-state index contributed by atoms with van der Waals surface area (Å²) < 4.78 is 6.01. The lowest BCUT2D eigenvalue weighted by atomic mass is 10.1. The molecule has 1 N–H and O–H groups in total. The smallest absolute Gasteiger partial charge is 0.410 e. The second-order valence-corrected chi connectivity index (χ2v) is 6.29. The first-order valence-corrected chi connectivity index (χ1v) is 7.91. The van der Waals surface area contributed by atoms with Gasteiger partial charge in [-0.3, -0.25) is 0 Å². The van der Waals surface area contributed by atoms with E-state index in [-0.39, 0.29) is 17.8 Å². The van der Waals surface area contributed by atoms with E-state index in [9.17, 15) is 14.7 Å². The Morgan fingerprint density at radius 3 is 2.41 bits per heavy atom. The molecule has 22 heavy (non-hydrogen) atoms. The van der Waals surface area contributed by atoms with Crippen LogP contribution in [0.15, 0.2) is 22.7 Å². The normalized spacial score (nSPS) is 15.1. The monoisotopic (exact) mass is 370 g/mol. The third-order valence-corrected chi connectivity index (χ3v) is 3.90. The van der Waals surface area contributed by atoms with Gasteiger partial charge in [-0.05, 0) is 32.0 Å². The summed E-state index contributed by atoms with van der Waals surface area (Å²) in [6.07, 6.45) is -0.462. The average molecular weight is 371 g/mol. The first kappa shape index (κ1) is 16.6. The molecule has 6 nitrogen and oxygen atoms in total. The molecule has 0 radical (unpaired) electrons. The Kier molecular flexibility index (Phi) is 5.28. The summed E-state index contributed by atoms with van der Waals surface area (Å²) in [6, 6.07) is 5.09. The van der Waals surface area contributed by atoms with Crippen LogP contribution in [0.3, 0.4) is 0 Å². The van der Waals surface area contributed by atoms with Crippen molar-refractivity contribution in [3.05, 3.63) is 28.2 Å². The summed E-state index contributed by atoms with van der Waals surface area (Å²) in [5.74, 6) is -0.954. The largest absolute Gasteiger partial charge is 0.478 e. The minimum atomic E-state index is -0.954. The Morgan fingerprint density at radius 1 is 1.23 bits per heavy atom. The van der Waals surface area contributed by atoms with Crippen molar-refractivity contribution in [2.75, 3.05) is 31.1 Å². The summed E-state index contributed by atoms with van der Waals surface area (Å²) >= 11 is 3.37. The van der Waals surface area contributed by atoms with E-state index in [2.05, 4.69) is 15.9 Å². The van der Waals surface area contributed by atoms with Crippen LogP contribution in [0.5, 0.6) is 0 Å². The maximum atomic E-state index is 11.9. The van der Waals surface area contributed by atoms with Crippen LogP contribution in [0.25, 0.3) is 0 Å². The molecule has 0 aromatic heterocycles. The maximum absolute atomic E-state index is 11.9. The van der Waals surface area contributed by atoms with E-state index >= 15 is 0 Å². The van der Waals surface area contributed by atoms with E-state index in [1.165, 1.54) is 0 Å². The molecule has 7 heteroatoms.